The third-order valence-electron chi connectivity index (χ3n) is 3.23. The molecule has 2 unspecified atom stereocenters. The molecule has 1 aliphatic heterocycles. The minimum atomic E-state index is -3.29. The van der Waals surface area contributed by atoms with Crippen molar-refractivity contribution >= 4 is 10.2 Å². The van der Waals surface area contributed by atoms with E-state index in [1.165, 1.54) is 4.31 Å². The highest BCUT2D eigenvalue weighted by molar-refractivity contribution is 7.86. The van der Waals surface area contributed by atoms with Crippen LogP contribution in [0.4, 0.5) is 0 Å². The third-order valence-corrected chi connectivity index (χ3v) is 5.15. The van der Waals surface area contributed by atoms with E-state index in [2.05, 4.69) is 13.8 Å². The summed E-state index contributed by atoms with van der Waals surface area (Å²) in [7, 11) is -1.66. The van der Waals surface area contributed by atoms with Gasteiger partial charge in [0.1, 0.15) is 0 Å². The summed E-state index contributed by atoms with van der Waals surface area (Å²) >= 11 is 0. The number of hydrogen-bond acceptors (Lipinski definition) is 3. The Morgan fingerprint density at radius 3 is 2.29 bits per heavy atom. The molecule has 102 valence electrons. The lowest BCUT2D eigenvalue weighted by molar-refractivity contribution is 0.211. The molecule has 0 aromatic rings. The highest BCUT2D eigenvalue weighted by Crippen LogP contribution is 2.24. The first-order chi connectivity index (χ1) is 7.87. The Hall–Kier alpha value is -0.170. The molecular formula is C11H25N3O2S. The molecule has 0 bridgehead atoms. The van der Waals surface area contributed by atoms with Gasteiger partial charge in [0, 0.05) is 26.7 Å². The maximum Gasteiger partial charge on any atom is 0.281 e. The number of hydrogen-bond donors (Lipinski definition) is 1. The van der Waals surface area contributed by atoms with E-state index in [9.17, 15) is 8.42 Å². The number of rotatable bonds is 5. The van der Waals surface area contributed by atoms with Gasteiger partial charge in [-0.15, -0.1) is 0 Å². The van der Waals surface area contributed by atoms with Crippen molar-refractivity contribution in [3.63, 3.8) is 0 Å². The highest BCUT2D eigenvalue weighted by atomic mass is 32.2. The van der Waals surface area contributed by atoms with E-state index in [-0.39, 0.29) is 0 Å². The number of nitrogens with zero attached hydrogens (tertiary/aromatic N) is 2. The molecule has 5 nitrogen and oxygen atoms in total. The van der Waals surface area contributed by atoms with Crippen molar-refractivity contribution in [3.8, 4) is 0 Å². The van der Waals surface area contributed by atoms with Crippen LogP contribution in [0.1, 0.15) is 26.7 Å². The molecule has 6 heteroatoms. The van der Waals surface area contributed by atoms with Gasteiger partial charge < -0.3 is 5.73 Å². The highest BCUT2D eigenvalue weighted by Gasteiger charge is 2.32. The van der Waals surface area contributed by atoms with Gasteiger partial charge in [-0.05, 0) is 31.2 Å². The van der Waals surface area contributed by atoms with Crippen LogP contribution < -0.4 is 5.73 Å². The van der Waals surface area contributed by atoms with Crippen LogP contribution in [0.15, 0.2) is 0 Å². The average molecular weight is 263 g/mol. The summed E-state index contributed by atoms with van der Waals surface area (Å²) in [5.41, 5.74) is 5.41. The molecule has 0 aromatic heterocycles. The molecule has 0 radical (unpaired) electrons. The molecule has 1 aliphatic rings. The zero-order chi connectivity index (χ0) is 13.1. The summed E-state index contributed by atoms with van der Waals surface area (Å²) in [6.45, 7) is 6.51. The van der Waals surface area contributed by atoms with Gasteiger partial charge in [-0.3, -0.25) is 0 Å². The van der Waals surface area contributed by atoms with Crippen LogP contribution in [0, 0.1) is 11.8 Å². The van der Waals surface area contributed by atoms with E-state index in [0.29, 0.717) is 44.4 Å². The first kappa shape index (κ1) is 14.9. The fourth-order valence-corrected chi connectivity index (χ4v) is 4.06. The topological polar surface area (TPSA) is 66.6 Å². The van der Waals surface area contributed by atoms with Crippen LogP contribution >= 0.6 is 0 Å². The predicted molar refractivity (Wildman–Crippen MR) is 69.7 cm³/mol. The number of nitrogens with two attached hydrogens (primary N) is 1. The smallest absolute Gasteiger partial charge is 0.281 e. The van der Waals surface area contributed by atoms with Crippen LogP contribution in [0.2, 0.25) is 0 Å². The molecular weight excluding hydrogens is 238 g/mol. The first-order valence-corrected chi connectivity index (χ1v) is 7.69. The molecule has 0 saturated carbocycles. The lowest BCUT2D eigenvalue weighted by Crippen LogP contribution is -2.48. The lowest BCUT2D eigenvalue weighted by atomic mass is 9.94. The van der Waals surface area contributed by atoms with Crippen molar-refractivity contribution in [2.45, 2.75) is 26.7 Å². The Morgan fingerprint density at radius 2 is 1.82 bits per heavy atom. The predicted octanol–water partition coefficient (Wildman–Crippen LogP) is 0.490. The van der Waals surface area contributed by atoms with Crippen LogP contribution in [0.5, 0.6) is 0 Å². The molecule has 0 aromatic carbocycles. The Labute approximate surface area is 105 Å². The third kappa shape index (κ3) is 3.91. The van der Waals surface area contributed by atoms with Gasteiger partial charge in [0.15, 0.2) is 0 Å². The second kappa shape index (κ2) is 6.13. The quantitative estimate of drug-likeness (QED) is 0.785. The van der Waals surface area contributed by atoms with Gasteiger partial charge >= 0.3 is 0 Å². The number of piperidine rings is 1. The maximum atomic E-state index is 12.3. The summed E-state index contributed by atoms with van der Waals surface area (Å²) in [4.78, 5) is 0. The van der Waals surface area contributed by atoms with Gasteiger partial charge in [-0.2, -0.15) is 17.0 Å². The maximum absolute atomic E-state index is 12.3. The second-order valence-corrected chi connectivity index (χ2v) is 7.27. The molecule has 0 spiro atoms. The van der Waals surface area contributed by atoms with E-state index >= 15 is 0 Å². The molecule has 0 aliphatic carbocycles. The van der Waals surface area contributed by atoms with E-state index in [1.807, 2.05) is 0 Å². The van der Waals surface area contributed by atoms with Crippen molar-refractivity contribution in [1.29, 1.82) is 0 Å². The summed E-state index contributed by atoms with van der Waals surface area (Å²) < 4.78 is 27.6. The van der Waals surface area contributed by atoms with Crippen LogP contribution in [-0.2, 0) is 10.2 Å². The standard InChI is InChI=1S/C11H25N3O2S/c1-10-7-11(2)9-14(8-10)17(15,16)13(3)6-4-5-12/h10-11H,4-9,12H2,1-3H3. The lowest BCUT2D eigenvalue weighted by Gasteiger charge is -2.36. The van der Waals surface area contributed by atoms with Crippen molar-refractivity contribution in [2.75, 3.05) is 33.2 Å². The fourth-order valence-electron chi connectivity index (χ4n) is 2.42. The largest absolute Gasteiger partial charge is 0.330 e. The van der Waals surface area contributed by atoms with Crippen molar-refractivity contribution in [2.24, 2.45) is 17.6 Å². The Balaban J connectivity index is 2.68. The molecule has 2 atom stereocenters. The summed E-state index contributed by atoms with van der Waals surface area (Å²) in [5, 5.41) is 0. The SMILES string of the molecule is CC1CC(C)CN(S(=O)(=O)N(C)CCCN)C1. The average Bonchev–Trinajstić information content (AvgIpc) is 2.24. The summed E-state index contributed by atoms with van der Waals surface area (Å²) in [6.07, 6.45) is 1.81. The second-order valence-electron chi connectivity index (χ2n) is 5.23. The summed E-state index contributed by atoms with van der Waals surface area (Å²) in [6, 6.07) is 0. The van der Waals surface area contributed by atoms with Gasteiger partial charge in [0.2, 0.25) is 0 Å². The molecule has 1 fully saturated rings. The Morgan fingerprint density at radius 1 is 1.29 bits per heavy atom. The minimum absolute atomic E-state index is 0.441. The molecule has 17 heavy (non-hydrogen) atoms. The van der Waals surface area contributed by atoms with E-state index in [1.54, 1.807) is 11.4 Å². The van der Waals surface area contributed by atoms with Crippen LogP contribution in [0.25, 0.3) is 0 Å². The van der Waals surface area contributed by atoms with E-state index in [0.717, 1.165) is 6.42 Å². The molecule has 1 heterocycles. The molecule has 1 saturated heterocycles. The fraction of sp³-hybridized carbons (Fsp3) is 1.00. The van der Waals surface area contributed by atoms with Gasteiger partial charge in [-0.25, -0.2) is 0 Å². The Kier molecular flexibility index (Phi) is 5.37. The van der Waals surface area contributed by atoms with Crippen molar-refractivity contribution in [1.82, 2.24) is 8.61 Å². The van der Waals surface area contributed by atoms with E-state index < -0.39 is 10.2 Å². The summed E-state index contributed by atoms with van der Waals surface area (Å²) in [5.74, 6) is 0.882. The van der Waals surface area contributed by atoms with E-state index in [4.69, 9.17) is 5.73 Å². The van der Waals surface area contributed by atoms with Crippen LogP contribution in [0.3, 0.4) is 0 Å². The molecule has 1 rings (SSSR count). The minimum Gasteiger partial charge on any atom is -0.330 e. The van der Waals surface area contributed by atoms with Gasteiger partial charge in [0.05, 0.1) is 0 Å². The van der Waals surface area contributed by atoms with Crippen molar-refractivity contribution in [3.05, 3.63) is 0 Å². The zero-order valence-electron chi connectivity index (χ0n) is 11.1. The van der Waals surface area contributed by atoms with Crippen LogP contribution in [-0.4, -0.2) is 50.3 Å². The monoisotopic (exact) mass is 263 g/mol. The van der Waals surface area contributed by atoms with Gasteiger partial charge in [0.25, 0.3) is 10.2 Å². The Bertz CT molecular complexity index is 322. The normalized spacial score (nSPS) is 27.6. The zero-order valence-corrected chi connectivity index (χ0v) is 11.9. The van der Waals surface area contributed by atoms with Crippen molar-refractivity contribution < 1.29 is 8.42 Å². The first-order valence-electron chi connectivity index (χ1n) is 6.29. The molecule has 0 amide bonds. The molecule has 2 N–H and O–H groups in total. The van der Waals surface area contributed by atoms with Gasteiger partial charge in [-0.1, -0.05) is 13.8 Å².